The fourth-order valence-electron chi connectivity index (χ4n) is 4.43. The van der Waals surface area contributed by atoms with Crippen LogP contribution < -0.4 is 15.1 Å². The number of hydrogen-bond donors (Lipinski definition) is 3. The Morgan fingerprint density at radius 3 is 2.23 bits per heavy atom. The molecule has 0 atom stereocenters. The summed E-state index contributed by atoms with van der Waals surface area (Å²) in [6.07, 6.45) is 1.63. The molecule has 2 aromatic carbocycles. The molecule has 2 fully saturated rings. The number of piperidine rings is 1. The lowest BCUT2D eigenvalue weighted by Crippen LogP contribution is -3.14. The van der Waals surface area contributed by atoms with Crippen LogP contribution in [0.4, 0.5) is 11.4 Å². The minimum atomic E-state index is 0.0212. The molecular weight excluding hydrogens is 392 g/mol. The highest BCUT2D eigenvalue weighted by Crippen LogP contribution is 2.20. The molecule has 2 saturated heterocycles. The molecule has 0 spiro atoms. The molecule has 3 N–H and O–H groups in total. The van der Waals surface area contributed by atoms with E-state index in [4.69, 9.17) is 0 Å². The van der Waals surface area contributed by atoms with Crippen LogP contribution in [0.2, 0.25) is 0 Å². The van der Waals surface area contributed by atoms with E-state index in [0.717, 1.165) is 63.5 Å². The van der Waals surface area contributed by atoms with Crippen molar-refractivity contribution in [1.29, 1.82) is 0 Å². The van der Waals surface area contributed by atoms with Crippen molar-refractivity contribution in [3.05, 3.63) is 54.6 Å². The molecular formula is C24H31N4O3+. The summed E-state index contributed by atoms with van der Waals surface area (Å²) < 4.78 is 0. The second kappa shape index (κ2) is 9.83. The van der Waals surface area contributed by atoms with Crippen molar-refractivity contribution in [1.82, 2.24) is 4.90 Å². The minimum absolute atomic E-state index is 0.0212. The van der Waals surface area contributed by atoms with Crippen LogP contribution in [0.5, 0.6) is 5.75 Å². The molecule has 0 bridgehead atoms. The fourth-order valence-corrected chi connectivity index (χ4v) is 4.43. The predicted octanol–water partition coefficient (Wildman–Crippen LogP) is 0.974. The highest BCUT2D eigenvalue weighted by Gasteiger charge is 2.30. The maximum absolute atomic E-state index is 12.8. The molecule has 0 unspecified atom stereocenters. The number of para-hydroxylation sites is 1. The van der Waals surface area contributed by atoms with Gasteiger partial charge in [0.05, 0.1) is 13.1 Å². The van der Waals surface area contributed by atoms with Crippen LogP contribution in [-0.4, -0.2) is 67.6 Å². The SMILES string of the molecule is O=C(Nc1ccccc1)C1CC[NH+](CC(=O)N2CCN(c3ccc(O)cc3)CC2)CC1. The van der Waals surface area contributed by atoms with Gasteiger partial charge in [-0.1, -0.05) is 18.2 Å². The van der Waals surface area contributed by atoms with Crippen LogP contribution in [0.25, 0.3) is 0 Å². The van der Waals surface area contributed by atoms with Crippen LogP contribution >= 0.6 is 0 Å². The number of rotatable bonds is 5. The van der Waals surface area contributed by atoms with Crippen molar-refractivity contribution >= 4 is 23.2 Å². The van der Waals surface area contributed by atoms with Crippen molar-refractivity contribution in [2.24, 2.45) is 5.92 Å². The van der Waals surface area contributed by atoms with Gasteiger partial charge < -0.3 is 25.1 Å². The minimum Gasteiger partial charge on any atom is -0.508 e. The Kier molecular flexibility index (Phi) is 6.72. The van der Waals surface area contributed by atoms with Crippen LogP contribution in [-0.2, 0) is 9.59 Å². The number of hydrogen-bond acceptors (Lipinski definition) is 4. The van der Waals surface area contributed by atoms with Crippen molar-refractivity contribution < 1.29 is 19.6 Å². The third-order valence-corrected chi connectivity index (χ3v) is 6.35. The first-order chi connectivity index (χ1) is 15.1. The van der Waals surface area contributed by atoms with Gasteiger partial charge in [-0.25, -0.2) is 0 Å². The largest absolute Gasteiger partial charge is 0.508 e. The Morgan fingerprint density at radius 1 is 0.935 bits per heavy atom. The lowest BCUT2D eigenvalue weighted by Gasteiger charge is -2.37. The summed E-state index contributed by atoms with van der Waals surface area (Å²) in [6, 6.07) is 16.8. The maximum Gasteiger partial charge on any atom is 0.277 e. The molecule has 0 aliphatic carbocycles. The van der Waals surface area contributed by atoms with Gasteiger partial charge in [0.25, 0.3) is 5.91 Å². The van der Waals surface area contributed by atoms with E-state index >= 15 is 0 Å². The first-order valence-electron chi connectivity index (χ1n) is 11.1. The molecule has 164 valence electrons. The molecule has 31 heavy (non-hydrogen) atoms. The summed E-state index contributed by atoms with van der Waals surface area (Å²) in [4.78, 5) is 30.8. The lowest BCUT2D eigenvalue weighted by molar-refractivity contribution is -0.898. The number of anilines is 2. The van der Waals surface area contributed by atoms with E-state index in [9.17, 15) is 14.7 Å². The van der Waals surface area contributed by atoms with Gasteiger partial charge in [0.15, 0.2) is 6.54 Å². The molecule has 2 aliphatic rings. The number of nitrogens with one attached hydrogen (secondary N) is 2. The number of amides is 2. The first kappa shape index (κ1) is 21.2. The average Bonchev–Trinajstić information content (AvgIpc) is 2.81. The topological polar surface area (TPSA) is 77.3 Å². The van der Waals surface area contributed by atoms with Gasteiger partial charge in [0, 0.05) is 56.3 Å². The Labute approximate surface area is 183 Å². The van der Waals surface area contributed by atoms with E-state index in [1.807, 2.05) is 47.4 Å². The summed E-state index contributed by atoms with van der Waals surface area (Å²) in [5, 5.41) is 12.4. The number of quaternary nitrogens is 1. The number of carbonyl (C=O) groups excluding carboxylic acids is 2. The number of carbonyl (C=O) groups is 2. The van der Waals surface area contributed by atoms with Crippen LogP contribution in [0.15, 0.2) is 54.6 Å². The average molecular weight is 424 g/mol. The lowest BCUT2D eigenvalue weighted by atomic mass is 9.95. The highest BCUT2D eigenvalue weighted by atomic mass is 16.3. The highest BCUT2D eigenvalue weighted by molar-refractivity contribution is 5.92. The Balaban J connectivity index is 1.19. The molecule has 2 aliphatic heterocycles. The fraction of sp³-hybridized carbons (Fsp3) is 0.417. The van der Waals surface area contributed by atoms with Crippen LogP contribution in [0, 0.1) is 5.92 Å². The van der Waals surface area contributed by atoms with Gasteiger partial charge in [0.1, 0.15) is 5.75 Å². The summed E-state index contributed by atoms with van der Waals surface area (Å²) in [5.41, 5.74) is 1.91. The Morgan fingerprint density at radius 2 is 1.58 bits per heavy atom. The molecule has 7 heteroatoms. The third kappa shape index (κ3) is 5.55. The third-order valence-electron chi connectivity index (χ3n) is 6.35. The van der Waals surface area contributed by atoms with E-state index in [2.05, 4.69) is 10.2 Å². The molecule has 0 saturated carbocycles. The van der Waals surface area contributed by atoms with Crippen molar-refractivity contribution in [3.8, 4) is 5.75 Å². The molecule has 7 nitrogen and oxygen atoms in total. The van der Waals surface area contributed by atoms with E-state index in [0.29, 0.717) is 6.54 Å². The second-order valence-electron chi connectivity index (χ2n) is 8.44. The normalized spacial score (nSPS) is 21.5. The number of nitrogens with zero attached hydrogens (tertiary/aromatic N) is 2. The van der Waals surface area contributed by atoms with E-state index in [-0.39, 0.29) is 23.5 Å². The number of benzene rings is 2. The molecule has 0 radical (unpaired) electrons. The number of phenols is 1. The summed E-state index contributed by atoms with van der Waals surface area (Å²) >= 11 is 0. The van der Waals surface area contributed by atoms with Crippen molar-refractivity contribution in [3.63, 3.8) is 0 Å². The molecule has 2 heterocycles. The Hall–Kier alpha value is -3.06. The second-order valence-corrected chi connectivity index (χ2v) is 8.44. The monoisotopic (exact) mass is 423 g/mol. The van der Waals surface area contributed by atoms with Gasteiger partial charge in [0.2, 0.25) is 5.91 Å². The van der Waals surface area contributed by atoms with E-state index in [1.54, 1.807) is 12.1 Å². The zero-order chi connectivity index (χ0) is 21.6. The zero-order valence-corrected chi connectivity index (χ0v) is 17.8. The summed E-state index contributed by atoms with van der Waals surface area (Å²) in [7, 11) is 0. The first-order valence-corrected chi connectivity index (χ1v) is 11.1. The van der Waals surface area contributed by atoms with Crippen molar-refractivity contribution in [2.75, 3.05) is 56.0 Å². The molecule has 2 amide bonds. The van der Waals surface area contributed by atoms with Gasteiger partial charge in [-0.05, 0) is 36.4 Å². The molecule has 4 rings (SSSR count). The Bertz CT molecular complexity index is 871. The molecule has 0 aromatic heterocycles. The predicted molar refractivity (Wildman–Crippen MR) is 120 cm³/mol. The van der Waals surface area contributed by atoms with Gasteiger partial charge >= 0.3 is 0 Å². The zero-order valence-electron chi connectivity index (χ0n) is 17.8. The smallest absolute Gasteiger partial charge is 0.277 e. The van der Waals surface area contributed by atoms with Crippen LogP contribution in [0.1, 0.15) is 12.8 Å². The number of phenolic OH excluding ortho intramolecular Hbond substituents is 1. The number of piperazine rings is 1. The van der Waals surface area contributed by atoms with Crippen molar-refractivity contribution in [2.45, 2.75) is 12.8 Å². The standard InChI is InChI=1S/C24H30N4O3/c29-22-8-6-21(7-9-22)27-14-16-28(17-15-27)23(30)18-26-12-10-19(11-13-26)24(31)25-20-4-2-1-3-5-20/h1-9,19,29H,10-18H2,(H,25,31)/p+1. The molecule has 2 aromatic rings. The quantitative estimate of drug-likeness (QED) is 0.670. The van der Waals surface area contributed by atoms with Gasteiger partial charge in [-0.15, -0.1) is 0 Å². The van der Waals surface area contributed by atoms with E-state index in [1.165, 1.54) is 4.90 Å². The number of likely N-dealkylation sites (tertiary alicyclic amines) is 1. The summed E-state index contributed by atoms with van der Waals surface area (Å²) in [5.74, 6) is 0.573. The number of aromatic hydroxyl groups is 1. The maximum atomic E-state index is 12.8. The van der Waals surface area contributed by atoms with Crippen LogP contribution in [0.3, 0.4) is 0 Å². The van der Waals surface area contributed by atoms with E-state index < -0.39 is 0 Å². The summed E-state index contributed by atoms with van der Waals surface area (Å²) in [6.45, 7) is 5.25. The van der Waals surface area contributed by atoms with Gasteiger partial charge in [-0.2, -0.15) is 0 Å². The van der Waals surface area contributed by atoms with Gasteiger partial charge in [-0.3, -0.25) is 9.59 Å².